The van der Waals surface area contributed by atoms with Crippen LogP contribution in [0.25, 0.3) is 0 Å². The largest absolute Gasteiger partial charge is 0.123 e. The Morgan fingerprint density at radius 2 is 2.00 bits per heavy atom. The maximum Gasteiger partial charge on any atom is 0.0336 e. The van der Waals surface area contributed by atoms with E-state index < -0.39 is 0 Å². The molecule has 78 valence electrons. The Labute approximate surface area is 92.3 Å². The summed E-state index contributed by atoms with van der Waals surface area (Å²) in [5.74, 6) is 0. The number of aryl methyl sites for hydroxylation is 3. The van der Waals surface area contributed by atoms with Gasteiger partial charge in [0, 0.05) is 5.38 Å². The number of benzene rings is 1. The lowest BCUT2D eigenvalue weighted by Crippen LogP contribution is -2.00. The van der Waals surface area contributed by atoms with Crippen LogP contribution in [0.15, 0.2) is 18.2 Å². The van der Waals surface area contributed by atoms with Gasteiger partial charge in [-0.25, -0.2) is 0 Å². The molecule has 1 aromatic rings. The van der Waals surface area contributed by atoms with E-state index in [0.717, 1.165) is 19.3 Å². The number of alkyl halides is 1. The molecule has 0 bridgehead atoms. The van der Waals surface area contributed by atoms with Crippen LogP contribution in [0.1, 0.15) is 36.5 Å². The molecular weight excluding hydrogens is 192 g/mol. The molecule has 0 saturated carbocycles. The smallest absolute Gasteiger partial charge is 0.0336 e. The van der Waals surface area contributed by atoms with Gasteiger partial charge >= 0.3 is 0 Å². The standard InChI is InChI=1S/C13H19Cl/c1-4-13(14)8-7-12-9-10(2)5-6-11(12)3/h5-6,9,13H,4,7-8H2,1-3H3. The van der Waals surface area contributed by atoms with Crippen molar-refractivity contribution in [2.24, 2.45) is 0 Å². The van der Waals surface area contributed by atoms with Crippen molar-refractivity contribution in [3.63, 3.8) is 0 Å². The predicted molar refractivity (Wildman–Crippen MR) is 64.2 cm³/mol. The van der Waals surface area contributed by atoms with Gasteiger partial charge in [0.05, 0.1) is 0 Å². The third-order valence-electron chi connectivity index (χ3n) is 2.67. The van der Waals surface area contributed by atoms with Gasteiger partial charge in [0.2, 0.25) is 0 Å². The average Bonchev–Trinajstić information content (AvgIpc) is 2.19. The van der Waals surface area contributed by atoms with Crippen LogP contribution in [0, 0.1) is 13.8 Å². The molecule has 0 fully saturated rings. The number of hydrogen-bond acceptors (Lipinski definition) is 0. The van der Waals surface area contributed by atoms with E-state index in [-0.39, 0.29) is 0 Å². The minimum atomic E-state index is 0.329. The minimum Gasteiger partial charge on any atom is -0.123 e. The van der Waals surface area contributed by atoms with E-state index >= 15 is 0 Å². The van der Waals surface area contributed by atoms with Gasteiger partial charge in [-0.2, -0.15) is 0 Å². The molecule has 0 aliphatic rings. The Morgan fingerprint density at radius 1 is 1.29 bits per heavy atom. The van der Waals surface area contributed by atoms with Crippen molar-refractivity contribution in [2.45, 2.75) is 45.4 Å². The molecule has 0 aliphatic heterocycles. The Balaban J connectivity index is 2.62. The van der Waals surface area contributed by atoms with E-state index in [0.29, 0.717) is 5.38 Å². The second-order valence-corrected chi connectivity index (χ2v) is 4.59. The van der Waals surface area contributed by atoms with Crippen molar-refractivity contribution in [2.75, 3.05) is 0 Å². The first kappa shape index (κ1) is 11.6. The van der Waals surface area contributed by atoms with Crippen molar-refractivity contribution in [1.82, 2.24) is 0 Å². The summed E-state index contributed by atoms with van der Waals surface area (Å²) in [6, 6.07) is 6.63. The molecule has 1 heteroatoms. The third kappa shape index (κ3) is 3.34. The molecule has 0 aliphatic carbocycles. The second kappa shape index (κ2) is 5.41. The quantitative estimate of drug-likeness (QED) is 0.652. The zero-order valence-electron chi connectivity index (χ0n) is 9.31. The van der Waals surface area contributed by atoms with Crippen LogP contribution in [0.3, 0.4) is 0 Å². The highest BCUT2D eigenvalue weighted by Crippen LogP contribution is 2.16. The van der Waals surface area contributed by atoms with Crippen LogP contribution in [-0.2, 0) is 6.42 Å². The molecular formula is C13H19Cl. The summed E-state index contributed by atoms with van der Waals surface area (Å²) in [6.07, 6.45) is 3.25. The van der Waals surface area contributed by atoms with E-state index in [1.807, 2.05) is 0 Å². The van der Waals surface area contributed by atoms with Gasteiger partial charge in [-0.3, -0.25) is 0 Å². The lowest BCUT2D eigenvalue weighted by atomic mass is 10.00. The molecule has 1 atom stereocenters. The van der Waals surface area contributed by atoms with Crippen molar-refractivity contribution in [3.8, 4) is 0 Å². The highest BCUT2D eigenvalue weighted by Gasteiger charge is 2.04. The zero-order valence-corrected chi connectivity index (χ0v) is 10.1. The molecule has 0 heterocycles. The maximum atomic E-state index is 6.11. The van der Waals surface area contributed by atoms with Crippen molar-refractivity contribution in [3.05, 3.63) is 34.9 Å². The minimum absolute atomic E-state index is 0.329. The summed E-state index contributed by atoms with van der Waals surface area (Å²) in [5, 5.41) is 0.329. The highest BCUT2D eigenvalue weighted by molar-refractivity contribution is 6.20. The summed E-state index contributed by atoms with van der Waals surface area (Å²) in [4.78, 5) is 0. The highest BCUT2D eigenvalue weighted by atomic mass is 35.5. The molecule has 0 N–H and O–H groups in total. The van der Waals surface area contributed by atoms with Gasteiger partial charge in [0.25, 0.3) is 0 Å². The Bertz CT molecular complexity index is 291. The van der Waals surface area contributed by atoms with Gasteiger partial charge in [-0.05, 0) is 44.2 Å². The van der Waals surface area contributed by atoms with Crippen LogP contribution in [0.5, 0.6) is 0 Å². The van der Waals surface area contributed by atoms with Crippen LogP contribution in [-0.4, -0.2) is 5.38 Å². The van der Waals surface area contributed by atoms with Crippen molar-refractivity contribution < 1.29 is 0 Å². The average molecular weight is 211 g/mol. The molecule has 1 aromatic carbocycles. The van der Waals surface area contributed by atoms with E-state index in [4.69, 9.17) is 11.6 Å². The van der Waals surface area contributed by atoms with E-state index in [2.05, 4.69) is 39.0 Å². The summed E-state index contributed by atoms with van der Waals surface area (Å²) in [5.41, 5.74) is 4.17. The molecule has 0 radical (unpaired) electrons. The summed E-state index contributed by atoms with van der Waals surface area (Å²) < 4.78 is 0. The Morgan fingerprint density at radius 3 is 2.64 bits per heavy atom. The maximum absolute atomic E-state index is 6.11. The van der Waals surface area contributed by atoms with E-state index in [1.165, 1.54) is 16.7 Å². The van der Waals surface area contributed by atoms with E-state index in [1.54, 1.807) is 0 Å². The summed E-state index contributed by atoms with van der Waals surface area (Å²) >= 11 is 6.11. The van der Waals surface area contributed by atoms with Crippen LogP contribution < -0.4 is 0 Å². The predicted octanol–water partition coefficient (Wildman–Crippen LogP) is 4.25. The van der Waals surface area contributed by atoms with Crippen LogP contribution in [0.2, 0.25) is 0 Å². The molecule has 0 nitrogen and oxygen atoms in total. The van der Waals surface area contributed by atoms with Gasteiger partial charge in [0.15, 0.2) is 0 Å². The fourth-order valence-electron chi connectivity index (χ4n) is 1.59. The number of hydrogen-bond donors (Lipinski definition) is 0. The molecule has 14 heavy (non-hydrogen) atoms. The zero-order chi connectivity index (χ0) is 10.6. The first-order valence-electron chi connectivity index (χ1n) is 5.33. The van der Waals surface area contributed by atoms with Crippen molar-refractivity contribution in [1.29, 1.82) is 0 Å². The Hall–Kier alpha value is -0.490. The molecule has 0 amide bonds. The molecule has 1 unspecified atom stereocenters. The van der Waals surface area contributed by atoms with E-state index in [9.17, 15) is 0 Å². The normalized spacial score (nSPS) is 12.9. The number of rotatable bonds is 4. The first-order valence-corrected chi connectivity index (χ1v) is 5.77. The first-order chi connectivity index (χ1) is 6.63. The lowest BCUT2D eigenvalue weighted by Gasteiger charge is -2.09. The molecule has 0 aromatic heterocycles. The van der Waals surface area contributed by atoms with Gasteiger partial charge in [-0.1, -0.05) is 30.7 Å². The van der Waals surface area contributed by atoms with Gasteiger partial charge in [0.1, 0.15) is 0 Å². The summed E-state index contributed by atoms with van der Waals surface area (Å²) in [7, 11) is 0. The van der Waals surface area contributed by atoms with Gasteiger partial charge in [-0.15, -0.1) is 11.6 Å². The SMILES string of the molecule is CCC(Cl)CCc1cc(C)ccc1C. The fraction of sp³-hybridized carbons (Fsp3) is 0.538. The van der Waals surface area contributed by atoms with Gasteiger partial charge < -0.3 is 0 Å². The summed E-state index contributed by atoms with van der Waals surface area (Å²) in [6.45, 7) is 6.45. The second-order valence-electron chi connectivity index (χ2n) is 3.97. The molecule has 0 saturated heterocycles. The monoisotopic (exact) mass is 210 g/mol. The molecule has 0 spiro atoms. The fourth-order valence-corrected chi connectivity index (χ4v) is 1.69. The Kier molecular flexibility index (Phi) is 4.47. The van der Waals surface area contributed by atoms with Crippen LogP contribution in [0.4, 0.5) is 0 Å². The lowest BCUT2D eigenvalue weighted by molar-refractivity contribution is 0.724. The van der Waals surface area contributed by atoms with Crippen molar-refractivity contribution >= 4 is 11.6 Å². The number of halogens is 1. The molecule has 1 rings (SSSR count). The van der Waals surface area contributed by atoms with Crippen LogP contribution >= 0.6 is 11.6 Å². The topological polar surface area (TPSA) is 0 Å². The third-order valence-corrected chi connectivity index (χ3v) is 3.20.